The number of nitrogens with one attached hydrogen (secondary N) is 1. The molecule has 0 aliphatic carbocycles. The van der Waals surface area contributed by atoms with Gasteiger partial charge in [-0.3, -0.25) is 30.4 Å². The van der Waals surface area contributed by atoms with Gasteiger partial charge in [-0.25, -0.2) is 4.79 Å². The molecule has 166 valence electrons. The fourth-order valence-corrected chi connectivity index (χ4v) is 5.25. The highest BCUT2D eigenvalue weighted by atomic mass is 32.2. The Morgan fingerprint density at radius 3 is 2.67 bits per heavy atom. The highest BCUT2D eigenvalue weighted by molar-refractivity contribution is 8.13. The van der Waals surface area contributed by atoms with Gasteiger partial charge in [0.1, 0.15) is 17.1 Å². The second-order valence-electron chi connectivity index (χ2n) is 6.61. The molecule has 0 aromatic rings. The van der Waals surface area contributed by atoms with E-state index in [2.05, 4.69) is 5.32 Å². The van der Waals surface area contributed by atoms with E-state index in [1.54, 1.807) is 0 Å². The first kappa shape index (κ1) is 24.0. The molecule has 0 saturated carbocycles. The number of amides is 2. The predicted molar refractivity (Wildman–Crippen MR) is 109 cm³/mol. The number of thioether (sulfide) groups is 2. The monoisotopic (exact) mass is 462 g/mol. The van der Waals surface area contributed by atoms with Crippen LogP contribution in [0.5, 0.6) is 0 Å². The van der Waals surface area contributed by atoms with Gasteiger partial charge in [-0.1, -0.05) is 0 Å². The molecule has 30 heavy (non-hydrogen) atoms. The zero-order chi connectivity index (χ0) is 22.6. The Morgan fingerprint density at radius 1 is 1.47 bits per heavy atom. The van der Waals surface area contributed by atoms with Gasteiger partial charge in [-0.15, -0.1) is 11.8 Å². The van der Waals surface area contributed by atoms with Crippen LogP contribution in [0.2, 0.25) is 0 Å². The quantitative estimate of drug-likeness (QED) is 0.0838. The normalized spacial score (nSPS) is 24.0. The number of methoxy groups -OCH3 is 1. The minimum absolute atomic E-state index is 0.0636. The summed E-state index contributed by atoms with van der Waals surface area (Å²) in [7, 11) is 1.25. The van der Waals surface area contributed by atoms with E-state index >= 15 is 0 Å². The van der Waals surface area contributed by atoms with E-state index in [1.807, 2.05) is 0 Å². The molecule has 14 heteroatoms. The van der Waals surface area contributed by atoms with Crippen molar-refractivity contribution in [3.05, 3.63) is 11.3 Å². The van der Waals surface area contributed by atoms with Crippen LogP contribution >= 0.6 is 23.5 Å². The lowest BCUT2D eigenvalue weighted by Crippen LogP contribution is -2.80. The van der Waals surface area contributed by atoms with E-state index in [9.17, 15) is 24.3 Å². The van der Waals surface area contributed by atoms with E-state index in [4.69, 9.17) is 26.7 Å². The van der Waals surface area contributed by atoms with Crippen LogP contribution in [0.25, 0.3) is 0 Å². The van der Waals surface area contributed by atoms with E-state index in [1.165, 1.54) is 18.9 Å². The van der Waals surface area contributed by atoms with E-state index in [-0.39, 0.29) is 41.6 Å². The van der Waals surface area contributed by atoms with Crippen molar-refractivity contribution in [2.24, 2.45) is 11.5 Å². The summed E-state index contributed by atoms with van der Waals surface area (Å²) in [5.41, 5.74) is 9.43. The van der Waals surface area contributed by atoms with Crippen LogP contribution in [0, 0.1) is 0 Å². The average molecular weight is 463 g/mol. The van der Waals surface area contributed by atoms with Crippen molar-refractivity contribution < 1.29 is 39.5 Å². The van der Waals surface area contributed by atoms with Gasteiger partial charge >= 0.3 is 11.9 Å². The lowest BCUT2D eigenvalue weighted by atomic mass is 9.98. The van der Waals surface area contributed by atoms with E-state index in [0.29, 0.717) is 5.57 Å². The van der Waals surface area contributed by atoms with Crippen molar-refractivity contribution in [2.75, 3.05) is 18.6 Å². The molecule has 2 heterocycles. The molecule has 0 radical (unpaired) electrons. The number of amidine groups is 1. The molecule has 2 amide bonds. The van der Waals surface area contributed by atoms with Gasteiger partial charge in [0.15, 0.2) is 0 Å². The second-order valence-corrected chi connectivity index (χ2v) is 8.73. The smallest absolute Gasteiger partial charge is 0.352 e. The Hall–Kier alpha value is -2.29. The zero-order valence-electron chi connectivity index (χ0n) is 16.1. The highest BCUT2D eigenvalue weighted by Crippen LogP contribution is 2.47. The van der Waals surface area contributed by atoms with Crippen LogP contribution in [0.15, 0.2) is 11.3 Å². The summed E-state index contributed by atoms with van der Waals surface area (Å²) < 4.78 is 5.33. The van der Waals surface area contributed by atoms with Crippen molar-refractivity contribution in [3.8, 4) is 0 Å². The standard InChI is InChI=1S/C16H23N5O7S2/c1-28-16(20-9(22)4-2-3-8(17)11(23)24)13(27)21-10(12(25)26)7(5-29-14(16)21)6-30-15(18)19/h8,14H,2-6,17H2,1H3,(H3,18,19)(H,20,22)(H,23,24)(H,25,26)/p+1/t8?,14-,16-/m0/s1. The first-order chi connectivity index (χ1) is 14.0. The molecule has 0 aromatic carbocycles. The molecule has 3 atom stereocenters. The van der Waals surface area contributed by atoms with Crippen molar-refractivity contribution in [1.29, 1.82) is 0 Å². The number of carbonyl (C=O) groups is 4. The highest BCUT2D eigenvalue weighted by Gasteiger charge is 2.66. The van der Waals surface area contributed by atoms with E-state index in [0.717, 1.165) is 16.7 Å². The topological polar surface area (TPSA) is 211 Å². The Labute approximate surface area is 180 Å². The van der Waals surface area contributed by atoms with Crippen molar-refractivity contribution in [1.82, 2.24) is 10.2 Å². The SMILES string of the molecule is CO[C@@]1(NC(=O)CCCC(N)C(=O)O)C(=O)N2C(C(=O)O)=C(CSC(N)=[NH2+])CS[C@H]21. The zero-order valence-corrected chi connectivity index (χ0v) is 17.8. The van der Waals surface area contributed by atoms with Gasteiger partial charge in [-0.05, 0) is 30.2 Å². The van der Waals surface area contributed by atoms with Crippen LogP contribution in [0.4, 0.5) is 0 Å². The molecule has 12 nitrogen and oxygen atoms in total. The second kappa shape index (κ2) is 9.68. The van der Waals surface area contributed by atoms with Crippen LogP contribution in [0.1, 0.15) is 19.3 Å². The Bertz CT molecular complexity index is 805. The number of carbonyl (C=O) groups excluding carboxylic acids is 2. The van der Waals surface area contributed by atoms with Crippen LogP contribution in [-0.4, -0.2) is 79.8 Å². The van der Waals surface area contributed by atoms with Crippen molar-refractivity contribution in [3.63, 3.8) is 0 Å². The third-order valence-corrected chi connectivity index (χ3v) is 6.81. The Balaban J connectivity index is 2.11. The van der Waals surface area contributed by atoms with Gasteiger partial charge in [0.05, 0.1) is 0 Å². The fourth-order valence-electron chi connectivity index (χ4n) is 3.10. The molecule has 1 saturated heterocycles. The molecule has 0 aromatic heterocycles. The number of aliphatic carboxylic acids is 2. The number of nitrogens with two attached hydrogens (primary N) is 3. The van der Waals surface area contributed by atoms with Gasteiger partial charge in [0.2, 0.25) is 5.91 Å². The predicted octanol–water partition coefficient (Wildman–Crippen LogP) is -2.91. The summed E-state index contributed by atoms with van der Waals surface area (Å²) >= 11 is 2.31. The molecule has 9 N–H and O–H groups in total. The first-order valence-corrected chi connectivity index (χ1v) is 10.8. The maximum Gasteiger partial charge on any atom is 0.352 e. The molecule has 1 fully saturated rings. The van der Waals surface area contributed by atoms with E-state index < -0.39 is 40.9 Å². The molecule has 2 aliphatic rings. The van der Waals surface area contributed by atoms with Crippen molar-refractivity contribution >= 4 is 52.4 Å². The maximum atomic E-state index is 12.9. The molecule has 1 unspecified atom stereocenters. The van der Waals surface area contributed by atoms with Gasteiger partial charge in [-0.2, -0.15) is 0 Å². The fraction of sp³-hybridized carbons (Fsp3) is 0.562. The lowest BCUT2D eigenvalue weighted by molar-refractivity contribution is -0.192. The van der Waals surface area contributed by atoms with Crippen molar-refractivity contribution in [2.45, 2.75) is 36.4 Å². The molecule has 2 aliphatic heterocycles. The molecule has 0 spiro atoms. The summed E-state index contributed by atoms with van der Waals surface area (Å²) in [6.07, 6.45) is 0.231. The molecule has 0 bridgehead atoms. The number of carboxylic acids is 2. The van der Waals surface area contributed by atoms with Crippen LogP contribution in [-0.2, 0) is 23.9 Å². The minimum Gasteiger partial charge on any atom is -0.480 e. The molecule has 2 rings (SSSR count). The van der Waals surface area contributed by atoms with Crippen LogP contribution < -0.4 is 22.2 Å². The van der Waals surface area contributed by atoms with Gasteiger partial charge < -0.3 is 26.0 Å². The van der Waals surface area contributed by atoms with Crippen LogP contribution in [0.3, 0.4) is 0 Å². The number of nitrogens with zero attached hydrogens (tertiary/aromatic N) is 1. The summed E-state index contributed by atoms with van der Waals surface area (Å²) in [5.74, 6) is -3.19. The maximum absolute atomic E-state index is 12.9. The Morgan fingerprint density at radius 2 is 2.13 bits per heavy atom. The summed E-state index contributed by atoms with van der Waals surface area (Å²) in [6, 6.07) is -1.08. The third-order valence-electron chi connectivity index (χ3n) is 4.61. The number of β-lactam (4-membered cyclic amide) rings is 1. The number of rotatable bonds is 10. The number of ether oxygens (including phenoxy) is 1. The number of fused-ring (bicyclic) bond motifs is 1. The number of carboxylic acid groups (broad SMARTS) is 2. The van der Waals surface area contributed by atoms with Gasteiger partial charge in [0.25, 0.3) is 16.8 Å². The average Bonchev–Trinajstić information content (AvgIpc) is 2.68. The Kier molecular flexibility index (Phi) is 7.74. The first-order valence-electron chi connectivity index (χ1n) is 8.81. The third kappa shape index (κ3) is 4.71. The van der Waals surface area contributed by atoms with Gasteiger partial charge in [0, 0.05) is 25.0 Å². The molecular weight excluding hydrogens is 438 g/mol. The minimum atomic E-state index is -1.70. The summed E-state index contributed by atoms with van der Waals surface area (Å²) in [5, 5.41) is 25.7. The summed E-state index contributed by atoms with van der Waals surface area (Å²) in [6.45, 7) is 0. The lowest BCUT2D eigenvalue weighted by Gasteiger charge is -2.55. The number of hydrogen-bond acceptors (Lipinski definition) is 8. The summed E-state index contributed by atoms with van der Waals surface area (Å²) in [4.78, 5) is 48.8. The number of hydrogen-bond donors (Lipinski definition) is 6. The largest absolute Gasteiger partial charge is 0.480 e. The molecular formula is C16H24N5O7S2+.